The molecule has 0 aliphatic rings. The molecule has 0 fully saturated rings. The first-order valence-electron chi connectivity index (χ1n) is 7.48. The lowest BCUT2D eigenvalue weighted by atomic mass is 10.1. The van der Waals surface area contributed by atoms with E-state index in [0.717, 1.165) is 16.1 Å². The molecule has 0 unspecified atom stereocenters. The summed E-state index contributed by atoms with van der Waals surface area (Å²) in [4.78, 5) is 16.8. The van der Waals surface area contributed by atoms with E-state index in [1.807, 2.05) is 31.2 Å². The zero-order valence-electron chi connectivity index (χ0n) is 13.5. The van der Waals surface area contributed by atoms with Crippen molar-refractivity contribution in [1.29, 1.82) is 0 Å². The predicted molar refractivity (Wildman–Crippen MR) is 95.9 cm³/mol. The van der Waals surface area contributed by atoms with E-state index in [0.29, 0.717) is 27.5 Å². The number of benzene rings is 1. The van der Waals surface area contributed by atoms with Crippen molar-refractivity contribution >= 4 is 28.1 Å². The largest absolute Gasteiger partial charge is 0.411 e. The number of hydrogen-bond acceptors (Lipinski definition) is 8. The highest BCUT2D eigenvalue weighted by atomic mass is 32.2. The van der Waals surface area contributed by atoms with Crippen molar-refractivity contribution in [1.82, 2.24) is 24.8 Å². The summed E-state index contributed by atoms with van der Waals surface area (Å²) in [5.74, 6) is 1.02. The van der Waals surface area contributed by atoms with E-state index >= 15 is 0 Å². The molecule has 25 heavy (non-hydrogen) atoms. The highest BCUT2D eigenvalue weighted by Crippen LogP contribution is 2.27. The number of nitrogens with zero attached hydrogens (tertiary/aromatic N) is 5. The van der Waals surface area contributed by atoms with Crippen LogP contribution in [0, 0.1) is 13.8 Å². The highest BCUT2D eigenvalue weighted by molar-refractivity contribution is 7.98. The van der Waals surface area contributed by atoms with Crippen molar-refractivity contribution in [2.24, 2.45) is 0 Å². The van der Waals surface area contributed by atoms with Crippen LogP contribution >= 0.6 is 23.1 Å². The van der Waals surface area contributed by atoms with Gasteiger partial charge in [0.1, 0.15) is 5.01 Å². The molecule has 0 atom stereocenters. The van der Waals surface area contributed by atoms with Crippen molar-refractivity contribution in [3.63, 3.8) is 0 Å². The van der Waals surface area contributed by atoms with Crippen molar-refractivity contribution in [3.8, 4) is 11.5 Å². The molecule has 0 saturated heterocycles. The van der Waals surface area contributed by atoms with E-state index in [1.165, 1.54) is 33.7 Å². The van der Waals surface area contributed by atoms with Crippen LogP contribution in [-0.2, 0) is 5.75 Å². The summed E-state index contributed by atoms with van der Waals surface area (Å²) >= 11 is 2.76. The summed E-state index contributed by atoms with van der Waals surface area (Å²) in [7, 11) is 0. The van der Waals surface area contributed by atoms with Crippen LogP contribution in [0.4, 0.5) is 0 Å². The van der Waals surface area contributed by atoms with Crippen LogP contribution in [0.1, 0.15) is 16.3 Å². The molecule has 3 heterocycles. The third-order valence-electron chi connectivity index (χ3n) is 3.41. The normalized spacial score (nSPS) is 11.3. The summed E-state index contributed by atoms with van der Waals surface area (Å²) in [5.41, 5.74) is 2.54. The molecule has 0 aliphatic carbocycles. The first-order chi connectivity index (χ1) is 12.1. The van der Waals surface area contributed by atoms with E-state index in [2.05, 4.69) is 20.3 Å². The molecule has 0 N–H and O–H groups in total. The lowest BCUT2D eigenvalue weighted by Crippen LogP contribution is -2.14. The Bertz CT molecular complexity index is 1120. The molecule has 3 aromatic heterocycles. The van der Waals surface area contributed by atoms with Gasteiger partial charge in [0.15, 0.2) is 0 Å². The minimum Gasteiger partial charge on any atom is -0.411 e. The third-order valence-corrected chi connectivity index (χ3v) is 5.33. The minimum absolute atomic E-state index is 0.172. The maximum Gasteiger partial charge on any atom is 0.277 e. The van der Waals surface area contributed by atoms with Gasteiger partial charge >= 0.3 is 0 Å². The molecule has 0 amide bonds. The molecule has 0 aliphatic heterocycles. The molecule has 126 valence electrons. The Hall–Kier alpha value is -2.52. The minimum atomic E-state index is -0.172. The molecule has 0 spiro atoms. The Morgan fingerprint density at radius 2 is 2.12 bits per heavy atom. The molecule has 0 saturated carbocycles. The van der Waals surface area contributed by atoms with Gasteiger partial charge in [-0.1, -0.05) is 40.8 Å². The highest BCUT2D eigenvalue weighted by Gasteiger charge is 2.12. The lowest BCUT2D eigenvalue weighted by molar-refractivity contribution is 0.466. The van der Waals surface area contributed by atoms with Crippen LogP contribution in [0.2, 0.25) is 0 Å². The molecule has 1 aromatic carbocycles. The quantitative estimate of drug-likeness (QED) is 0.509. The summed E-state index contributed by atoms with van der Waals surface area (Å²) in [5, 5.41) is 13.7. The van der Waals surface area contributed by atoms with Crippen LogP contribution in [0.15, 0.2) is 44.8 Å². The number of aromatic nitrogens is 5. The molecule has 7 nitrogen and oxygen atoms in total. The van der Waals surface area contributed by atoms with Gasteiger partial charge in [0.05, 0.1) is 5.75 Å². The fraction of sp³-hybridized carbons (Fsp3) is 0.188. The van der Waals surface area contributed by atoms with Gasteiger partial charge in [-0.3, -0.25) is 4.79 Å². The fourth-order valence-corrected chi connectivity index (χ4v) is 4.00. The topological polar surface area (TPSA) is 86.2 Å². The van der Waals surface area contributed by atoms with Gasteiger partial charge in [-0.2, -0.15) is 9.61 Å². The number of aryl methyl sites for hydroxylation is 2. The maximum absolute atomic E-state index is 11.9. The lowest BCUT2D eigenvalue weighted by Gasteiger charge is -1.95. The predicted octanol–water partition coefficient (Wildman–Crippen LogP) is 3.11. The van der Waals surface area contributed by atoms with Crippen LogP contribution in [0.5, 0.6) is 0 Å². The molecule has 0 bridgehead atoms. The van der Waals surface area contributed by atoms with Gasteiger partial charge in [0, 0.05) is 17.3 Å². The molecule has 4 rings (SSSR count). The van der Waals surface area contributed by atoms with Crippen molar-refractivity contribution < 1.29 is 4.42 Å². The van der Waals surface area contributed by atoms with Gasteiger partial charge in [-0.15, -0.1) is 10.2 Å². The third kappa shape index (κ3) is 3.33. The van der Waals surface area contributed by atoms with E-state index < -0.39 is 0 Å². The van der Waals surface area contributed by atoms with Crippen LogP contribution in [0.25, 0.3) is 16.4 Å². The van der Waals surface area contributed by atoms with E-state index in [9.17, 15) is 4.79 Å². The Labute approximate surface area is 150 Å². The van der Waals surface area contributed by atoms with Gasteiger partial charge in [-0.05, 0) is 26.0 Å². The smallest absolute Gasteiger partial charge is 0.277 e. The van der Waals surface area contributed by atoms with Crippen LogP contribution in [0.3, 0.4) is 0 Å². The fourth-order valence-electron chi connectivity index (χ4n) is 2.30. The number of fused-ring (bicyclic) bond motifs is 1. The first kappa shape index (κ1) is 16.0. The maximum atomic E-state index is 11.9. The second-order valence-corrected chi connectivity index (χ2v) is 7.42. The summed E-state index contributed by atoms with van der Waals surface area (Å²) in [6.07, 6.45) is 0. The summed E-state index contributed by atoms with van der Waals surface area (Å²) < 4.78 is 7.02. The monoisotopic (exact) mass is 371 g/mol. The van der Waals surface area contributed by atoms with Crippen molar-refractivity contribution in [2.45, 2.75) is 24.8 Å². The van der Waals surface area contributed by atoms with Crippen molar-refractivity contribution in [3.05, 3.63) is 57.0 Å². The average Bonchev–Trinajstić information content (AvgIpc) is 3.19. The zero-order chi connectivity index (χ0) is 17.4. The van der Waals surface area contributed by atoms with Gasteiger partial charge in [0.25, 0.3) is 10.8 Å². The van der Waals surface area contributed by atoms with Gasteiger partial charge < -0.3 is 4.42 Å². The van der Waals surface area contributed by atoms with Crippen LogP contribution < -0.4 is 5.56 Å². The second kappa shape index (κ2) is 6.41. The van der Waals surface area contributed by atoms with Crippen LogP contribution in [-0.4, -0.2) is 24.8 Å². The molecule has 4 aromatic rings. The van der Waals surface area contributed by atoms with Gasteiger partial charge in [-0.25, -0.2) is 4.98 Å². The SMILES string of the molecule is Cc1cccc(-c2nnc(SCc3nn4c(=O)cc(C)nc4s3)o2)c1. The second-order valence-electron chi connectivity index (χ2n) is 5.46. The van der Waals surface area contributed by atoms with E-state index in [1.54, 1.807) is 6.92 Å². The molecular formula is C16H13N5O2S2. The Balaban J connectivity index is 1.52. The Kier molecular flexibility index (Phi) is 4.10. The van der Waals surface area contributed by atoms with Gasteiger partial charge in [0.2, 0.25) is 10.9 Å². The number of thioether (sulfide) groups is 1. The standard InChI is InChI=1S/C16H13N5O2S2/c1-9-4-3-5-11(6-9)14-18-19-16(23-14)24-8-12-20-21-13(22)7-10(2)17-15(21)25-12/h3-7H,8H2,1-2H3. The van der Waals surface area contributed by atoms with Crippen molar-refractivity contribution in [2.75, 3.05) is 0 Å². The molecular weight excluding hydrogens is 358 g/mol. The van der Waals surface area contributed by atoms with E-state index in [-0.39, 0.29) is 5.56 Å². The number of rotatable bonds is 4. The zero-order valence-corrected chi connectivity index (χ0v) is 15.1. The Morgan fingerprint density at radius 1 is 1.24 bits per heavy atom. The molecule has 0 radical (unpaired) electrons. The number of hydrogen-bond donors (Lipinski definition) is 0. The van der Waals surface area contributed by atoms with E-state index in [4.69, 9.17) is 4.42 Å². The first-order valence-corrected chi connectivity index (χ1v) is 9.28. The molecule has 9 heteroatoms. The Morgan fingerprint density at radius 3 is 2.96 bits per heavy atom. The summed E-state index contributed by atoms with van der Waals surface area (Å²) in [6, 6.07) is 9.37. The average molecular weight is 371 g/mol. The summed E-state index contributed by atoms with van der Waals surface area (Å²) in [6.45, 7) is 3.81.